The Morgan fingerprint density at radius 3 is 1.16 bits per heavy atom. The minimum Gasteiger partial charge on any atom is -0.458 e. The van der Waals surface area contributed by atoms with Gasteiger partial charge >= 0.3 is 83.4 Å². The number of hydrogen-bond acceptors (Lipinski definition) is 36. The zero-order valence-electron chi connectivity index (χ0n) is 73.1. The minimum absolute atomic E-state index is 0. The van der Waals surface area contributed by atoms with Crippen molar-refractivity contribution in [2.24, 2.45) is 5.92 Å². The molecule has 3 saturated carbocycles. The highest BCUT2D eigenvalue weighted by Gasteiger charge is 2.58. The van der Waals surface area contributed by atoms with Crippen molar-refractivity contribution < 1.29 is 163 Å². The van der Waals surface area contributed by atoms with E-state index in [1.54, 1.807) is 65.8 Å². The van der Waals surface area contributed by atoms with Gasteiger partial charge in [0.15, 0.2) is 28.9 Å². The van der Waals surface area contributed by atoms with Gasteiger partial charge in [0.2, 0.25) is 0 Å². The molecule has 16 rings (SSSR count). The summed E-state index contributed by atoms with van der Waals surface area (Å²) in [6, 6.07) is 3.24. The third-order valence-electron chi connectivity index (χ3n) is 19.4. The van der Waals surface area contributed by atoms with Gasteiger partial charge in [0, 0.05) is 103 Å². The van der Waals surface area contributed by atoms with E-state index in [0.29, 0.717) is 25.2 Å². The average molecular weight is 1970 g/mol. The van der Waals surface area contributed by atoms with Gasteiger partial charge in [0.1, 0.15) is 61.5 Å². The summed E-state index contributed by atoms with van der Waals surface area (Å²) >= 11 is 0. The number of aromatic amines is 4. The summed E-state index contributed by atoms with van der Waals surface area (Å²) in [5.41, 5.74) is -4.22. The minimum atomic E-state index is -5.60. The van der Waals surface area contributed by atoms with Crippen LogP contribution in [0.5, 0.6) is 0 Å². The summed E-state index contributed by atoms with van der Waals surface area (Å²) in [7, 11) is -20.5. The van der Waals surface area contributed by atoms with E-state index in [2.05, 4.69) is 81.6 Å². The van der Waals surface area contributed by atoms with Crippen molar-refractivity contribution in [2.45, 2.75) is 263 Å². The fourth-order valence-electron chi connectivity index (χ4n) is 14.6. The molecule has 133 heavy (non-hydrogen) atoms. The predicted molar refractivity (Wildman–Crippen MR) is 460 cm³/mol. The van der Waals surface area contributed by atoms with E-state index >= 15 is 0 Å². The van der Waals surface area contributed by atoms with Crippen molar-refractivity contribution in [3.05, 3.63) is 217 Å². The highest BCUT2D eigenvalue weighted by atomic mass is 31.3. The Labute approximate surface area is 756 Å². The van der Waals surface area contributed by atoms with E-state index < -0.39 is 203 Å². The van der Waals surface area contributed by atoms with Gasteiger partial charge in [0.05, 0.1) is 54.7 Å². The number of esters is 4. The third kappa shape index (κ3) is 37.2. The zero-order chi connectivity index (χ0) is 98.5. The van der Waals surface area contributed by atoms with Crippen molar-refractivity contribution in [3.63, 3.8) is 0 Å². The van der Waals surface area contributed by atoms with Crippen molar-refractivity contribution in [1.29, 1.82) is 0 Å². The summed E-state index contributed by atoms with van der Waals surface area (Å²) in [5, 5.41) is 35.5. The smallest absolute Gasteiger partial charge is 0.458 e. The number of fused-ring (bicyclic) bond motifs is 3. The lowest BCUT2D eigenvalue weighted by Crippen LogP contribution is -2.36. The van der Waals surface area contributed by atoms with Gasteiger partial charge in [-0.2, -0.15) is 9.57 Å². The molecular formula is C79H112N8O42P4. The van der Waals surface area contributed by atoms with E-state index in [1.165, 1.54) is 94.7 Å². The van der Waals surface area contributed by atoms with Crippen LogP contribution < -0.4 is 45.0 Å². The van der Waals surface area contributed by atoms with Crippen molar-refractivity contribution in [2.75, 3.05) is 12.7 Å². The fraction of sp³-hybridized carbons (Fsp3) is 0.557. The summed E-state index contributed by atoms with van der Waals surface area (Å²) in [6.45, 7) is 18.5. The van der Waals surface area contributed by atoms with Gasteiger partial charge in [-0.25, -0.2) is 37.4 Å². The molecule has 8 heterocycles. The van der Waals surface area contributed by atoms with E-state index in [4.69, 9.17) is 82.0 Å². The molecule has 20 atom stereocenters. The quantitative estimate of drug-likeness (QED) is 0.0146. The highest BCUT2D eigenvalue weighted by Crippen LogP contribution is 2.66. The van der Waals surface area contributed by atoms with E-state index in [-0.39, 0.29) is 56.5 Å². The molecule has 14 N–H and O–H groups in total. The molecule has 8 aliphatic carbocycles. The van der Waals surface area contributed by atoms with Crippen LogP contribution in [0.4, 0.5) is 0 Å². The first kappa shape index (κ1) is 112. The lowest BCUT2D eigenvalue weighted by atomic mass is 10.1. The normalized spacial score (nSPS) is 28.1. The van der Waals surface area contributed by atoms with E-state index in [1.807, 2.05) is 12.2 Å². The molecule has 4 aromatic heterocycles. The number of aromatic nitrogens is 8. The van der Waals surface area contributed by atoms with Gasteiger partial charge in [-0.05, 0) is 97.8 Å². The molecule has 54 heteroatoms. The van der Waals surface area contributed by atoms with Crippen LogP contribution in [0.2, 0.25) is 0 Å². The lowest BCUT2D eigenvalue weighted by molar-refractivity contribution is -0.231. The third-order valence-corrected chi connectivity index (χ3v) is 23.9. The summed E-state index contributed by atoms with van der Waals surface area (Å²) < 4.78 is 122. The second kappa shape index (κ2) is 48.7. The van der Waals surface area contributed by atoms with Gasteiger partial charge in [0.25, 0.3) is 22.2 Å². The molecule has 0 spiro atoms. The predicted octanol–water partition coefficient (Wildman–Crippen LogP) is 3.24. The van der Waals surface area contributed by atoms with Crippen molar-refractivity contribution >= 4 is 60.7 Å². The van der Waals surface area contributed by atoms with Crippen LogP contribution in [0, 0.1) is 5.92 Å². The molecule has 8 unspecified atom stereocenters. The zero-order valence-corrected chi connectivity index (χ0v) is 76.7. The van der Waals surface area contributed by atoms with Gasteiger partial charge in [-0.15, -0.1) is 0 Å². The number of aliphatic hydroxyl groups is 3. The molecule has 12 aliphatic rings. The molecule has 4 aliphatic heterocycles. The number of carbonyl (C=O) groups is 5. The van der Waals surface area contributed by atoms with Gasteiger partial charge < -0.3 is 106 Å². The Bertz CT molecular complexity index is 5590. The Morgan fingerprint density at radius 2 is 0.850 bits per heavy atom. The number of H-pyrrole nitrogens is 4. The standard InChI is InChI=1S/C13H21N2O14P3.C13H19N2O8P.C12H16N2O5.C9H10N2O3.C8H12O2.C7H10O3.C5H4O.C5H6.C4H6O3.C2H4O3.CH4/c1-13(2)26-10-7(15-4-3-9(16)14-12(15)17)5-8(11(10)27-13)25-6-30(18,19)28-32(23,24)29-31(20,21)22;1-13(2)22-10-7(15-4-3-9(16)14-12(15)17)5-8(11(10)23-13)21-6-24(18,19)20;1-12(2)18-9-6(5-7(15)10(9)19-12)14-4-3-8(16)13-11(14)17;12-7-2-1-6(5-7)11-4-3-8(13)10-9(11)14;1-6-3-4-8(5-6)10-7(2)9;1-5(8)10-7-3-2-6(9)4-7;1-2-4-5(3-1)6-4;1-2-4-5-3-1;1-3(5)7-4(2)6;1-2(3)5-4;/h3-4,7-8,10-11H,5-6H2,1-2H3,(H,18,19)(H,23,24)(H,14,16,17)(H2,20,21,22);3-4,7-8,10-11H,5-6H2,1-2H3,(H,14,16,17)(H2,18,19,20);3-4,6-7,9-10,15H,5H2,1-2H3,(H,13,16,17);1-4,6-7,12H,5H2,(H,10,13,14);3-4,6,8H,5H2,1-2H3;2-3,6-7,9H,4H2,1H3;1-2H,3H2;1-4H,5H2;1-2H3;4H,1H3;1H4/t2*7-,8+,10?,11?;6-,7+,9?,10?;6-,7+;6-,8+;6-,7+;;;;;/m111011...../s1. The number of nitrogens with zero attached hydrogens (tertiary/aromatic N) is 4. The SMILES string of the molecule is C.C1=CC2=C(C1)O2.C1=CCC=C1.CC(=O)OC(C)=O.CC(=O)OO.CC(=O)O[C@H]1C=C[C@@H](C)C1.CC(=O)O[C@H]1C=C[C@@H](O)C1.CC1(C)OC2C(O1)[C@@H](O)C[C@H]2n1ccc(=O)[nH]c1=O.CC1(C)OC2C(O1)[C@H](n1ccc(=O)[nH]c1=O)C[C@@H]2OCP(=O)(O)O.CC1(C)OC2C(O1)[C@H](n1ccc(=O)[nH]c1=O)C[C@@H]2OCP(=O)(O)OP(=O)(O)OP(=O)(O)O.O=c1ccn([C@H]2C=C[C@@H](O)C2)c(=O)[nH]1. The summed E-state index contributed by atoms with van der Waals surface area (Å²) in [5.74, 6) is -2.25. The maximum atomic E-state index is 12.2. The highest BCUT2D eigenvalue weighted by molar-refractivity contribution is 7.68. The van der Waals surface area contributed by atoms with Crippen LogP contribution >= 0.6 is 30.8 Å². The molecule has 0 radical (unpaired) electrons. The maximum Gasteiger partial charge on any atom is 0.488 e. The number of aliphatic hydroxyl groups excluding tert-OH is 3. The Hall–Kier alpha value is -9.63. The van der Waals surface area contributed by atoms with E-state index in [0.717, 1.165) is 38.0 Å². The van der Waals surface area contributed by atoms with E-state index in [9.17, 15) is 101 Å². The van der Waals surface area contributed by atoms with Gasteiger partial charge in [-0.1, -0.05) is 69.0 Å². The fourth-order valence-corrected chi connectivity index (χ4v) is 18.3. The first-order chi connectivity index (χ1) is 61.3. The van der Waals surface area contributed by atoms with Crippen molar-refractivity contribution in [3.8, 4) is 0 Å². The number of nitrogens with one attached hydrogen (secondary N) is 4. The van der Waals surface area contributed by atoms with Crippen LogP contribution in [0.25, 0.3) is 0 Å². The number of ether oxygens (including phenoxy) is 12. The Balaban J connectivity index is 0.000000241. The Kier molecular flexibility index (Phi) is 41.1. The average Bonchev–Trinajstić information content (AvgIpc) is 1.61. The van der Waals surface area contributed by atoms with Gasteiger partial charge in [-0.3, -0.25) is 85.7 Å². The number of hydrogen-bond donors (Lipinski definition) is 14. The topological polar surface area (TPSA) is 717 Å². The number of carbonyl (C=O) groups excluding carboxylic acids is 5. The second-order valence-electron chi connectivity index (χ2n) is 31.9. The first-order valence-electron chi connectivity index (χ1n) is 40.4. The number of rotatable bonds is 16. The summed E-state index contributed by atoms with van der Waals surface area (Å²) in [4.78, 5) is 208. The second-order valence-corrected chi connectivity index (χ2v) is 38.3. The molecule has 4 aromatic rings. The largest absolute Gasteiger partial charge is 0.488 e. The molecule has 6 fully saturated rings. The molecule has 740 valence electrons. The van der Waals surface area contributed by atoms with Crippen LogP contribution in [0.1, 0.15) is 166 Å². The van der Waals surface area contributed by atoms with Crippen LogP contribution in [-0.2, 0) is 113 Å². The maximum absolute atomic E-state index is 12.2. The van der Waals surface area contributed by atoms with Crippen LogP contribution in [0.15, 0.2) is 172 Å². The first-order valence-corrected chi connectivity index (χ1v) is 47.0. The molecule has 3 saturated heterocycles. The lowest BCUT2D eigenvalue weighted by Gasteiger charge is -2.24. The number of allylic oxidation sites excluding steroid dienone is 8. The van der Waals surface area contributed by atoms with Crippen LogP contribution in [-0.4, -0.2) is 227 Å². The monoisotopic (exact) mass is 1970 g/mol. The number of phosphoric acid groups is 2. The molecule has 0 amide bonds. The molecule has 50 nitrogen and oxygen atoms in total. The summed E-state index contributed by atoms with van der Waals surface area (Å²) in [6.07, 6.45) is 24.6. The van der Waals surface area contributed by atoms with Crippen molar-refractivity contribution in [1.82, 2.24) is 38.2 Å². The molecule has 0 bridgehead atoms. The molecule has 0 aromatic carbocycles. The Morgan fingerprint density at radius 1 is 0.466 bits per heavy atom. The van der Waals surface area contributed by atoms with Crippen LogP contribution in [0.3, 0.4) is 0 Å². The molecular weight excluding hydrogens is 1860 g/mol.